The van der Waals surface area contributed by atoms with Crippen LogP contribution in [0.3, 0.4) is 0 Å². The van der Waals surface area contributed by atoms with Crippen molar-refractivity contribution in [1.29, 1.82) is 0 Å². The van der Waals surface area contributed by atoms with Gasteiger partial charge in [0.2, 0.25) is 0 Å². The second kappa shape index (κ2) is 20.9. The third kappa shape index (κ3) is 19.9. The molecule has 1 aliphatic heterocycles. The Morgan fingerprint density at radius 1 is 0.667 bits per heavy atom. The first-order valence-electron chi connectivity index (χ1n) is 9.06. The van der Waals surface area contributed by atoms with E-state index in [0.717, 1.165) is 52.1 Å². The predicted molar refractivity (Wildman–Crippen MR) is 99.3 cm³/mol. The molecule has 0 saturated carbocycles. The zero-order valence-electron chi connectivity index (χ0n) is 14.9. The molecule has 0 radical (unpaired) electrons. The van der Waals surface area contributed by atoms with E-state index < -0.39 is 8.25 Å². The standard InChI is InChI=1S/C8H23N5.C7H14O3P/c9-1-3-11-5-7-13-8-6-12-4-2-10;8-11-9-6-4-2-1-3-5-7-10-11/h11-13H,1-10H2;1-7H2/q;+1. The molecule has 0 aliphatic carbocycles. The first-order valence-corrected chi connectivity index (χ1v) is 10.2. The van der Waals surface area contributed by atoms with Crippen LogP contribution in [0.25, 0.3) is 0 Å². The van der Waals surface area contributed by atoms with Gasteiger partial charge in [-0.3, -0.25) is 0 Å². The van der Waals surface area contributed by atoms with E-state index in [1.165, 1.54) is 19.3 Å². The van der Waals surface area contributed by atoms with Crippen LogP contribution in [0.2, 0.25) is 0 Å². The largest absolute Gasteiger partial charge is 0.697 e. The molecule has 0 bridgehead atoms. The van der Waals surface area contributed by atoms with E-state index in [0.29, 0.717) is 26.3 Å². The molecule has 144 valence electrons. The Kier molecular flexibility index (Phi) is 20.7. The van der Waals surface area contributed by atoms with Crippen molar-refractivity contribution in [3.8, 4) is 0 Å². The van der Waals surface area contributed by atoms with Crippen LogP contribution in [0.4, 0.5) is 0 Å². The minimum atomic E-state index is -1.81. The van der Waals surface area contributed by atoms with Crippen LogP contribution in [0.1, 0.15) is 32.1 Å². The second-order valence-corrected chi connectivity index (χ2v) is 6.45. The lowest BCUT2D eigenvalue weighted by molar-refractivity contribution is 0.211. The summed E-state index contributed by atoms with van der Waals surface area (Å²) in [6.07, 6.45) is 5.62. The Balaban J connectivity index is 0.000000446. The number of rotatable bonds is 10. The van der Waals surface area contributed by atoms with Crippen molar-refractivity contribution >= 4 is 8.25 Å². The van der Waals surface area contributed by atoms with Gasteiger partial charge in [0, 0.05) is 56.9 Å². The summed E-state index contributed by atoms with van der Waals surface area (Å²) in [5.41, 5.74) is 10.6. The molecule has 0 spiro atoms. The van der Waals surface area contributed by atoms with Gasteiger partial charge >= 0.3 is 8.25 Å². The minimum Gasteiger partial charge on any atom is -0.329 e. The van der Waals surface area contributed by atoms with Gasteiger partial charge in [0.1, 0.15) is 13.2 Å². The normalized spacial score (nSPS) is 16.3. The van der Waals surface area contributed by atoms with Crippen LogP contribution < -0.4 is 27.4 Å². The van der Waals surface area contributed by atoms with Gasteiger partial charge in [0.05, 0.1) is 0 Å². The molecule has 1 heterocycles. The molecule has 0 aromatic carbocycles. The molecule has 0 atom stereocenters. The van der Waals surface area contributed by atoms with Gasteiger partial charge in [0.25, 0.3) is 0 Å². The van der Waals surface area contributed by atoms with Gasteiger partial charge in [-0.25, -0.2) is 0 Å². The highest BCUT2D eigenvalue weighted by Gasteiger charge is 2.19. The Labute approximate surface area is 147 Å². The fourth-order valence-electron chi connectivity index (χ4n) is 1.98. The lowest BCUT2D eigenvalue weighted by Gasteiger charge is -2.06. The van der Waals surface area contributed by atoms with Crippen LogP contribution in [-0.2, 0) is 13.6 Å². The zero-order valence-corrected chi connectivity index (χ0v) is 15.8. The lowest BCUT2D eigenvalue weighted by atomic mass is 10.1. The summed E-state index contributed by atoms with van der Waals surface area (Å²) < 4.78 is 20.6. The van der Waals surface area contributed by atoms with Gasteiger partial charge in [0.15, 0.2) is 0 Å². The molecule has 9 heteroatoms. The fraction of sp³-hybridized carbons (Fsp3) is 1.00. The summed E-state index contributed by atoms with van der Waals surface area (Å²) in [7, 11) is -1.81. The zero-order chi connectivity index (χ0) is 17.7. The van der Waals surface area contributed by atoms with Gasteiger partial charge < -0.3 is 27.4 Å². The van der Waals surface area contributed by atoms with Crippen LogP contribution in [0.15, 0.2) is 0 Å². The SMILES string of the molecule is NCCNCCNCCNCCN.O=[P+]1OCCCCCCCO1. The van der Waals surface area contributed by atoms with Crippen molar-refractivity contribution in [3.63, 3.8) is 0 Å². The van der Waals surface area contributed by atoms with Gasteiger partial charge in [-0.2, -0.15) is 0 Å². The van der Waals surface area contributed by atoms with E-state index in [1.54, 1.807) is 0 Å². The number of hydrogen-bond acceptors (Lipinski definition) is 8. The van der Waals surface area contributed by atoms with Crippen LogP contribution in [0, 0.1) is 0 Å². The van der Waals surface area contributed by atoms with Crippen LogP contribution in [0.5, 0.6) is 0 Å². The number of nitrogens with two attached hydrogens (primary N) is 2. The van der Waals surface area contributed by atoms with E-state index >= 15 is 0 Å². The van der Waals surface area contributed by atoms with E-state index in [2.05, 4.69) is 16.0 Å². The van der Waals surface area contributed by atoms with E-state index in [-0.39, 0.29) is 0 Å². The fourth-order valence-corrected chi connectivity index (χ4v) is 2.61. The van der Waals surface area contributed by atoms with Crippen LogP contribution in [-0.4, -0.2) is 65.6 Å². The highest BCUT2D eigenvalue weighted by atomic mass is 31.1. The van der Waals surface area contributed by atoms with Crippen LogP contribution >= 0.6 is 8.25 Å². The molecule has 24 heavy (non-hydrogen) atoms. The maximum absolute atomic E-state index is 10.8. The summed E-state index contributed by atoms with van der Waals surface area (Å²) in [5.74, 6) is 0. The molecule has 7 N–H and O–H groups in total. The predicted octanol–water partition coefficient (Wildman–Crippen LogP) is 0.314. The van der Waals surface area contributed by atoms with E-state index in [1.807, 2.05) is 0 Å². The van der Waals surface area contributed by atoms with Gasteiger partial charge in [-0.05, 0) is 12.8 Å². The van der Waals surface area contributed by atoms with Gasteiger partial charge in [-0.15, -0.1) is 9.05 Å². The van der Waals surface area contributed by atoms with E-state index in [9.17, 15) is 4.57 Å². The molecule has 0 aromatic rings. The van der Waals surface area contributed by atoms with E-state index in [4.69, 9.17) is 20.5 Å². The molecular weight excluding hydrogens is 329 g/mol. The lowest BCUT2D eigenvalue weighted by Crippen LogP contribution is -2.35. The van der Waals surface area contributed by atoms with Gasteiger partial charge in [-0.1, -0.05) is 19.3 Å². The smallest absolute Gasteiger partial charge is 0.329 e. The molecule has 0 aromatic heterocycles. The summed E-state index contributed by atoms with van der Waals surface area (Å²) in [6.45, 7) is 8.30. The monoisotopic (exact) mass is 366 g/mol. The average Bonchev–Trinajstić information content (AvgIpc) is 2.60. The Morgan fingerprint density at radius 3 is 1.46 bits per heavy atom. The summed E-state index contributed by atoms with van der Waals surface area (Å²) in [6, 6.07) is 0. The van der Waals surface area contributed by atoms with Crippen molar-refractivity contribution in [1.82, 2.24) is 16.0 Å². The minimum absolute atomic E-state index is 0.579. The first-order chi connectivity index (χ1) is 11.8. The highest BCUT2D eigenvalue weighted by Crippen LogP contribution is 2.25. The maximum Gasteiger partial charge on any atom is 0.697 e. The van der Waals surface area contributed by atoms with Crippen molar-refractivity contribution < 1.29 is 13.6 Å². The third-order valence-electron chi connectivity index (χ3n) is 3.28. The van der Waals surface area contributed by atoms with Crippen molar-refractivity contribution in [2.45, 2.75) is 32.1 Å². The summed E-state index contributed by atoms with van der Waals surface area (Å²) in [5, 5.41) is 9.71. The molecular formula is C15H37N5O3P+. The summed E-state index contributed by atoms with van der Waals surface area (Å²) >= 11 is 0. The quantitative estimate of drug-likeness (QED) is 0.277. The maximum atomic E-state index is 10.8. The Hall–Kier alpha value is -0.180. The molecule has 0 amide bonds. The molecule has 1 fully saturated rings. The first kappa shape index (κ1) is 23.8. The highest BCUT2D eigenvalue weighted by molar-refractivity contribution is 7.33. The molecule has 1 aliphatic rings. The number of hydrogen-bond donors (Lipinski definition) is 5. The van der Waals surface area contributed by atoms with Crippen molar-refractivity contribution in [2.75, 3.05) is 65.6 Å². The summed E-state index contributed by atoms with van der Waals surface area (Å²) in [4.78, 5) is 0. The average molecular weight is 366 g/mol. The Bertz CT molecular complexity index is 253. The topological polar surface area (TPSA) is 124 Å². The third-order valence-corrected chi connectivity index (χ3v) is 4.07. The van der Waals surface area contributed by atoms with Crippen molar-refractivity contribution in [3.05, 3.63) is 0 Å². The molecule has 1 rings (SSSR count). The molecule has 1 saturated heterocycles. The van der Waals surface area contributed by atoms with Crippen molar-refractivity contribution in [2.24, 2.45) is 11.5 Å². The number of nitrogens with one attached hydrogen (secondary N) is 3. The Morgan fingerprint density at radius 2 is 1.04 bits per heavy atom. The second-order valence-electron chi connectivity index (χ2n) is 5.49. The molecule has 8 nitrogen and oxygen atoms in total. The molecule has 0 unspecified atom stereocenters.